The Hall–Kier alpha value is -1.99. The van der Waals surface area contributed by atoms with E-state index in [2.05, 4.69) is 103 Å². The molecule has 0 fully saturated rings. The molecule has 3 aromatic rings. The monoisotopic (exact) mass is 439 g/mol. The van der Waals surface area contributed by atoms with Gasteiger partial charge >= 0.3 is 0 Å². The highest BCUT2D eigenvalue weighted by Gasteiger charge is 2.28. The highest BCUT2D eigenvalue weighted by Crippen LogP contribution is 2.56. The van der Waals surface area contributed by atoms with Crippen molar-refractivity contribution in [3.63, 3.8) is 0 Å². The van der Waals surface area contributed by atoms with Crippen LogP contribution in [0.1, 0.15) is 5.56 Å². The Balaban J connectivity index is 2.31. The molecular formula is C23H27N3P2S. The molecule has 29 heavy (non-hydrogen) atoms. The smallest absolute Gasteiger partial charge is 0.0602 e. The van der Waals surface area contributed by atoms with Crippen LogP contribution in [-0.4, -0.2) is 38.6 Å². The molecule has 0 spiro atoms. The van der Waals surface area contributed by atoms with Crippen LogP contribution in [0, 0.1) is 0 Å². The number of benzene rings is 3. The minimum atomic E-state index is -2.22. The van der Waals surface area contributed by atoms with Crippen molar-refractivity contribution < 1.29 is 0 Å². The Morgan fingerprint density at radius 1 is 0.724 bits per heavy atom. The predicted molar refractivity (Wildman–Crippen MR) is 135 cm³/mol. The molecule has 0 aliphatic heterocycles. The summed E-state index contributed by atoms with van der Waals surface area (Å²) < 4.78 is 5.45. The molecule has 0 N–H and O–H groups in total. The third-order valence-corrected chi connectivity index (χ3v) is 10.9. The van der Waals surface area contributed by atoms with Gasteiger partial charge in [-0.2, -0.15) is 5.10 Å². The molecule has 0 aliphatic rings. The topological polar surface area (TPSA) is 28.0 Å². The van der Waals surface area contributed by atoms with E-state index in [0.29, 0.717) is 0 Å². The fourth-order valence-corrected chi connectivity index (χ4v) is 10.7. The fraction of sp³-hybridized carbons (Fsp3) is 0.174. The van der Waals surface area contributed by atoms with E-state index in [1.165, 1.54) is 15.9 Å². The maximum atomic E-state index is 5.87. The lowest BCUT2D eigenvalue weighted by atomic mass is 10.2. The Kier molecular flexibility index (Phi) is 6.90. The third-order valence-electron chi connectivity index (χ3n) is 4.31. The average Bonchev–Trinajstić information content (AvgIpc) is 2.71. The van der Waals surface area contributed by atoms with Gasteiger partial charge in [-0.25, -0.2) is 0 Å². The third kappa shape index (κ3) is 5.34. The summed E-state index contributed by atoms with van der Waals surface area (Å²) in [6.07, 6.45) is 0.0246. The van der Waals surface area contributed by atoms with Crippen LogP contribution < -0.4 is 15.9 Å². The van der Waals surface area contributed by atoms with Crippen molar-refractivity contribution in [2.24, 2.45) is 9.62 Å². The van der Waals surface area contributed by atoms with Crippen LogP contribution in [0.2, 0.25) is 0 Å². The van der Waals surface area contributed by atoms with E-state index in [-0.39, 0.29) is 0 Å². The summed E-state index contributed by atoms with van der Waals surface area (Å²) >= 11 is 5.87. The summed E-state index contributed by atoms with van der Waals surface area (Å²) in [6.45, 7) is 4.22. The second-order valence-electron chi connectivity index (χ2n) is 7.37. The summed E-state index contributed by atoms with van der Waals surface area (Å²) in [5.74, 6) is 0. The van der Waals surface area contributed by atoms with Crippen molar-refractivity contribution in [2.45, 2.75) is 0 Å². The second-order valence-corrected chi connectivity index (χ2v) is 16.2. The highest BCUT2D eigenvalue weighted by atomic mass is 32.4. The van der Waals surface area contributed by atoms with Crippen LogP contribution >= 0.6 is 13.2 Å². The minimum absolute atomic E-state index is 1.06. The largest absolute Gasteiger partial charge is 0.303 e. The van der Waals surface area contributed by atoms with E-state index in [9.17, 15) is 0 Å². The zero-order valence-corrected chi connectivity index (χ0v) is 19.9. The summed E-state index contributed by atoms with van der Waals surface area (Å²) in [6, 6.07) is 29.9. The number of hydrogen-bond acceptors (Lipinski definition) is 3. The van der Waals surface area contributed by atoms with Gasteiger partial charge in [0, 0.05) is 30.0 Å². The van der Waals surface area contributed by atoms with Gasteiger partial charge in [0.25, 0.3) is 0 Å². The Labute approximate surface area is 179 Å². The molecule has 0 radical (unpaired) electrons. The molecule has 3 rings (SSSR count). The minimum Gasteiger partial charge on any atom is -0.303 e. The van der Waals surface area contributed by atoms with E-state index in [1.807, 2.05) is 20.3 Å². The second kappa shape index (κ2) is 9.22. The van der Waals surface area contributed by atoms with Crippen LogP contribution in [0.15, 0.2) is 94.5 Å². The van der Waals surface area contributed by atoms with Gasteiger partial charge in [0.15, 0.2) is 0 Å². The molecular weight excluding hydrogens is 412 g/mol. The van der Waals surface area contributed by atoms with Crippen molar-refractivity contribution in [2.75, 3.05) is 27.4 Å². The molecule has 0 heterocycles. The van der Waals surface area contributed by atoms with Crippen molar-refractivity contribution in [1.82, 2.24) is 5.01 Å². The Morgan fingerprint density at radius 2 is 1.17 bits per heavy atom. The predicted octanol–water partition coefficient (Wildman–Crippen LogP) is 4.71. The van der Waals surface area contributed by atoms with Gasteiger partial charge in [-0.05, 0) is 18.9 Å². The lowest BCUT2D eigenvalue weighted by Gasteiger charge is -2.28. The van der Waals surface area contributed by atoms with Gasteiger partial charge in [0.1, 0.15) is 0 Å². The summed E-state index contributed by atoms with van der Waals surface area (Å²) in [5, 5.41) is 9.82. The van der Waals surface area contributed by atoms with Gasteiger partial charge < -0.3 is 5.01 Å². The van der Waals surface area contributed by atoms with Crippen molar-refractivity contribution in [3.8, 4) is 0 Å². The molecule has 0 amide bonds. The van der Waals surface area contributed by atoms with Crippen LogP contribution in [0.4, 0.5) is 0 Å². The molecule has 0 atom stereocenters. The lowest BCUT2D eigenvalue weighted by Crippen LogP contribution is -2.25. The maximum Gasteiger partial charge on any atom is 0.0602 e. The number of hydrogen-bond donors (Lipinski definition) is 0. The first-order chi connectivity index (χ1) is 13.8. The fourth-order valence-electron chi connectivity index (χ4n) is 3.17. The molecule has 3 aromatic carbocycles. The van der Waals surface area contributed by atoms with E-state index in [1.54, 1.807) is 5.01 Å². The molecule has 0 bridgehead atoms. The molecule has 3 nitrogen and oxygen atoms in total. The first-order valence-electron chi connectivity index (χ1n) is 9.43. The quantitative estimate of drug-likeness (QED) is 0.316. The van der Waals surface area contributed by atoms with E-state index in [4.69, 9.17) is 16.3 Å². The Morgan fingerprint density at radius 3 is 1.59 bits per heavy atom. The molecule has 0 aromatic heterocycles. The van der Waals surface area contributed by atoms with Crippen molar-refractivity contribution in [1.29, 1.82) is 0 Å². The normalized spacial score (nSPS) is 12.1. The average molecular weight is 440 g/mol. The van der Waals surface area contributed by atoms with Crippen LogP contribution in [0.25, 0.3) is 0 Å². The van der Waals surface area contributed by atoms with Crippen molar-refractivity contribution >= 4 is 47.2 Å². The van der Waals surface area contributed by atoms with Gasteiger partial charge in [-0.3, -0.25) is 4.52 Å². The standard InChI is InChI=1S/C23H27N3P2S/c1-26(2)24-19-20-15-17-23(18-16-20)28(25-27(3,4)29,21-11-7-5-8-12-21)22-13-9-6-10-14-22/h5-19H,1-4H3. The number of rotatable bonds is 6. The number of nitrogens with zero attached hydrogens (tertiary/aromatic N) is 3. The molecule has 0 unspecified atom stereocenters. The van der Waals surface area contributed by atoms with Gasteiger partial charge in [-0.15, -0.1) is 0 Å². The molecule has 0 saturated heterocycles. The van der Waals surface area contributed by atoms with Crippen LogP contribution in [0.3, 0.4) is 0 Å². The number of hydrazone groups is 1. The zero-order valence-electron chi connectivity index (χ0n) is 17.3. The van der Waals surface area contributed by atoms with Gasteiger partial charge in [0.05, 0.1) is 19.5 Å². The SMILES string of the molecule is CN(C)N=Cc1ccc(P(=NP(C)(C)=S)(c2ccccc2)c2ccccc2)cc1. The molecule has 0 aliphatic carbocycles. The van der Waals surface area contributed by atoms with E-state index < -0.39 is 13.2 Å². The lowest BCUT2D eigenvalue weighted by molar-refractivity contribution is 0.440. The van der Waals surface area contributed by atoms with Crippen molar-refractivity contribution in [3.05, 3.63) is 90.5 Å². The molecule has 0 saturated carbocycles. The molecule has 150 valence electrons. The molecule has 6 heteroatoms. The first-order valence-corrected chi connectivity index (χ1v) is 14.8. The zero-order chi connectivity index (χ0) is 20.9. The summed E-state index contributed by atoms with van der Waals surface area (Å²) in [7, 11) is 1.62. The van der Waals surface area contributed by atoms with E-state index in [0.717, 1.165) is 5.56 Å². The van der Waals surface area contributed by atoms with Crippen LogP contribution in [-0.2, 0) is 11.8 Å². The first kappa shape index (κ1) is 21.7. The Bertz CT molecular complexity index is 1030. The summed E-state index contributed by atoms with van der Waals surface area (Å²) in [4.78, 5) is 0. The van der Waals surface area contributed by atoms with Gasteiger partial charge in [0.2, 0.25) is 0 Å². The maximum absolute atomic E-state index is 5.87. The van der Waals surface area contributed by atoms with E-state index >= 15 is 0 Å². The van der Waals surface area contributed by atoms with Crippen LogP contribution in [0.5, 0.6) is 0 Å². The summed E-state index contributed by atoms with van der Waals surface area (Å²) in [5.41, 5.74) is 1.06. The highest BCUT2D eigenvalue weighted by molar-refractivity contribution is 8.15. The van der Waals surface area contributed by atoms with Gasteiger partial charge in [-0.1, -0.05) is 96.7 Å².